The largest absolute Gasteiger partial charge is 0.384 e. The van der Waals surface area contributed by atoms with Crippen molar-refractivity contribution in [3.8, 4) is 11.8 Å². The second-order valence-electron chi connectivity index (χ2n) is 3.08. The van der Waals surface area contributed by atoms with E-state index in [-0.39, 0.29) is 6.61 Å². The van der Waals surface area contributed by atoms with Crippen molar-refractivity contribution >= 4 is 23.1 Å². The molecule has 1 nitrogen and oxygen atoms in total. The Morgan fingerprint density at radius 3 is 3.00 bits per heavy atom. The molecule has 0 amide bonds. The minimum Gasteiger partial charge on any atom is -0.384 e. The van der Waals surface area contributed by atoms with Crippen molar-refractivity contribution in [1.29, 1.82) is 0 Å². The van der Waals surface area contributed by atoms with Crippen LogP contribution < -0.4 is 0 Å². The number of rotatable bonds is 3. The van der Waals surface area contributed by atoms with Crippen molar-refractivity contribution in [1.82, 2.24) is 0 Å². The molecule has 0 saturated heterocycles. The average molecular weight is 226 g/mol. The molecule has 1 heterocycles. The van der Waals surface area contributed by atoms with Gasteiger partial charge in [0.2, 0.25) is 0 Å². The molecule has 1 aromatic rings. The summed E-state index contributed by atoms with van der Waals surface area (Å²) in [6.45, 7) is 4.32. The van der Waals surface area contributed by atoms with Crippen molar-refractivity contribution < 1.29 is 5.11 Å². The first-order valence-corrected chi connectivity index (χ1v) is 6.44. The molecule has 0 aromatic carbocycles. The topological polar surface area (TPSA) is 20.2 Å². The highest BCUT2D eigenvalue weighted by molar-refractivity contribution is 7.99. The molecule has 1 N–H and O–H groups in total. The van der Waals surface area contributed by atoms with Crippen LogP contribution in [0.2, 0.25) is 0 Å². The van der Waals surface area contributed by atoms with Crippen molar-refractivity contribution in [3.05, 3.63) is 21.9 Å². The summed E-state index contributed by atoms with van der Waals surface area (Å²) in [5, 5.41) is 11.3. The Morgan fingerprint density at radius 1 is 1.57 bits per heavy atom. The van der Waals surface area contributed by atoms with E-state index in [0.29, 0.717) is 5.25 Å². The van der Waals surface area contributed by atoms with E-state index < -0.39 is 0 Å². The molecule has 0 aliphatic carbocycles. The van der Waals surface area contributed by atoms with E-state index in [0.717, 1.165) is 11.3 Å². The van der Waals surface area contributed by atoms with E-state index in [4.69, 9.17) is 5.11 Å². The molecule has 0 saturated carbocycles. The number of thioether (sulfide) groups is 1. The van der Waals surface area contributed by atoms with E-state index in [1.807, 2.05) is 17.8 Å². The van der Waals surface area contributed by atoms with E-state index in [9.17, 15) is 0 Å². The quantitative estimate of drug-likeness (QED) is 0.800. The van der Waals surface area contributed by atoms with Crippen molar-refractivity contribution in [2.45, 2.75) is 24.9 Å². The Labute approximate surface area is 93.5 Å². The summed E-state index contributed by atoms with van der Waals surface area (Å²) in [5.74, 6) is 6.66. The molecule has 1 aromatic heterocycles. The zero-order valence-electron chi connectivity index (χ0n) is 8.41. The third kappa shape index (κ3) is 3.75. The summed E-state index contributed by atoms with van der Waals surface area (Å²) in [6.07, 6.45) is 0. The van der Waals surface area contributed by atoms with Gasteiger partial charge in [-0.15, -0.1) is 11.3 Å². The van der Waals surface area contributed by atoms with Gasteiger partial charge in [0.25, 0.3) is 0 Å². The summed E-state index contributed by atoms with van der Waals surface area (Å²) in [4.78, 5) is 1.31. The van der Waals surface area contributed by atoms with Crippen LogP contribution in [-0.2, 0) is 5.75 Å². The van der Waals surface area contributed by atoms with Crippen molar-refractivity contribution in [2.24, 2.45) is 0 Å². The SMILES string of the molecule is CC(C)SCc1sccc1C#CCO. The Bertz CT molecular complexity index is 331. The van der Waals surface area contributed by atoms with Gasteiger partial charge in [-0.1, -0.05) is 25.7 Å². The molecule has 3 heteroatoms. The van der Waals surface area contributed by atoms with Crippen LogP contribution in [0.4, 0.5) is 0 Å². The lowest BCUT2D eigenvalue weighted by Gasteiger charge is -2.02. The fraction of sp³-hybridized carbons (Fsp3) is 0.455. The molecule has 0 bridgehead atoms. The maximum Gasteiger partial charge on any atom is 0.104 e. The lowest BCUT2D eigenvalue weighted by molar-refractivity contribution is 0.350. The van der Waals surface area contributed by atoms with Crippen LogP contribution in [0.3, 0.4) is 0 Å². The van der Waals surface area contributed by atoms with Crippen LogP contribution in [0.1, 0.15) is 24.3 Å². The zero-order valence-corrected chi connectivity index (χ0v) is 10.0. The number of thiophene rings is 1. The summed E-state index contributed by atoms with van der Waals surface area (Å²) in [7, 11) is 0. The molecule has 0 radical (unpaired) electrons. The number of hydrogen-bond acceptors (Lipinski definition) is 3. The summed E-state index contributed by atoms with van der Waals surface area (Å²) < 4.78 is 0. The predicted molar refractivity (Wildman–Crippen MR) is 64.7 cm³/mol. The molecular weight excluding hydrogens is 212 g/mol. The first kappa shape index (κ1) is 11.6. The molecule has 0 aliphatic heterocycles. The van der Waals surface area contributed by atoms with Gasteiger partial charge in [0.1, 0.15) is 6.61 Å². The highest BCUT2D eigenvalue weighted by Gasteiger charge is 2.03. The predicted octanol–water partition coefficient (Wildman–Crippen LogP) is 2.73. The van der Waals surface area contributed by atoms with E-state index >= 15 is 0 Å². The molecule has 76 valence electrons. The highest BCUT2D eigenvalue weighted by Crippen LogP contribution is 2.24. The molecule has 0 spiro atoms. The molecule has 0 atom stereocenters. The maximum atomic E-state index is 8.60. The number of aliphatic hydroxyl groups is 1. The Kier molecular flexibility index (Phi) is 5.10. The normalized spacial score (nSPS) is 10.0. The van der Waals surface area contributed by atoms with Gasteiger partial charge in [0, 0.05) is 16.2 Å². The monoisotopic (exact) mass is 226 g/mol. The van der Waals surface area contributed by atoms with E-state index in [1.54, 1.807) is 11.3 Å². The number of aliphatic hydroxyl groups excluding tert-OH is 1. The number of hydrogen-bond donors (Lipinski definition) is 1. The summed E-state index contributed by atoms with van der Waals surface area (Å²) in [6, 6.07) is 2.02. The minimum absolute atomic E-state index is 0.0629. The van der Waals surface area contributed by atoms with Crippen LogP contribution in [0.25, 0.3) is 0 Å². The molecule has 14 heavy (non-hydrogen) atoms. The molecule has 0 aliphatic rings. The summed E-state index contributed by atoms with van der Waals surface area (Å²) in [5.41, 5.74) is 1.07. The second kappa shape index (κ2) is 6.13. The standard InChI is InChI=1S/C11H14OS2/c1-9(2)14-8-11-10(4-3-6-12)5-7-13-11/h5,7,9,12H,6,8H2,1-2H3. The van der Waals surface area contributed by atoms with Gasteiger partial charge in [-0.25, -0.2) is 0 Å². The Morgan fingerprint density at radius 2 is 2.36 bits per heavy atom. The molecule has 0 fully saturated rings. The van der Waals surface area contributed by atoms with Gasteiger partial charge in [0.05, 0.1) is 0 Å². The first-order valence-electron chi connectivity index (χ1n) is 4.51. The zero-order chi connectivity index (χ0) is 10.4. The molecule has 1 rings (SSSR count). The van der Waals surface area contributed by atoms with E-state index in [1.165, 1.54) is 4.88 Å². The van der Waals surface area contributed by atoms with Crippen LogP contribution >= 0.6 is 23.1 Å². The van der Waals surface area contributed by atoms with Gasteiger partial charge in [-0.05, 0) is 16.7 Å². The second-order valence-corrected chi connectivity index (χ2v) is 5.64. The van der Waals surface area contributed by atoms with E-state index in [2.05, 4.69) is 31.1 Å². The molecular formula is C11H14OS2. The minimum atomic E-state index is -0.0629. The maximum absolute atomic E-state index is 8.60. The van der Waals surface area contributed by atoms with Gasteiger partial charge < -0.3 is 5.11 Å². The molecule has 0 unspecified atom stereocenters. The smallest absolute Gasteiger partial charge is 0.104 e. The highest BCUT2D eigenvalue weighted by atomic mass is 32.2. The van der Waals surface area contributed by atoms with Gasteiger partial charge >= 0.3 is 0 Å². The Hall–Kier alpha value is -0.430. The van der Waals surface area contributed by atoms with Crippen LogP contribution in [0, 0.1) is 11.8 Å². The third-order valence-electron chi connectivity index (χ3n) is 1.60. The van der Waals surface area contributed by atoms with Crippen LogP contribution in [0.15, 0.2) is 11.4 Å². The van der Waals surface area contributed by atoms with Gasteiger partial charge in [-0.3, -0.25) is 0 Å². The van der Waals surface area contributed by atoms with Crippen LogP contribution in [0.5, 0.6) is 0 Å². The lowest BCUT2D eigenvalue weighted by Crippen LogP contribution is -1.88. The van der Waals surface area contributed by atoms with Crippen LogP contribution in [-0.4, -0.2) is 17.0 Å². The first-order chi connectivity index (χ1) is 6.74. The fourth-order valence-corrected chi connectivity index (χ4v) is 2.67. The third-order valence-corrected chi connectivity index (χ3v) is 3.82. The Balaban J connectivity index is 2.63. The fourth-order valence-electron chi connectivity index (χ4n) is 0.941. The lowest BCUT2D eigenvalue weighted by atomic mass is 10.3. The van der Waals surface area contributed by atoms with Crippen molar-refractivity contribution in [3.63, 3.8) is 0 Å². The summed E-state index contributed by atoms with van der Waals surface area (Å²) >= 11 is 3.65. The van der Waals surface area contributed by atoms with Crippen molar-refractivity contribution in [2.75, 3.05) is 6.61 Å². The van der Waals surface area contributed by atoms with Gasteiger partial charge in [-0.2, -0.15) is 11.8 Å². The van der Waals surface area contributed by atoms with Gasteiger partial charge in [0.15, 0.2) is 0 Å². The average Bonchev–Trinajstić information content (AvgIpc) is 2.58.